The fourth-order valence-electron chi connectivity index (χ4n) is 3.39. The Morgan fingerprint density at radius 3 is 2.33 bits per heavy atom. The summed E-state index contributed by atoms with van der Waals surface area (Å²) in [5.74, 6) is 0.505. The lowest BCUT2D eigenvalue weighted by atomic mass is 10.1. The molecule has 1 heterocycles. The van der Waals surface area contributed by atoms with Crippen LogP contribution in [0.5, 0.6) is 5.75 Å². The van der Waals surface area contributed by atoms with E-state index < -0.39 is 0 Å². The maximum Gasteiger partial charge on any atom is 0.329 e. The predicted molar refractivity (Wildman–Crippen MR) is 119 cm³/mol. The quantitative estimate of drug-likeness (QED) is 0.304. The first kappa shape index (κ1) is 21.6. The Kier molecular flexibility index (Phi) is 8.07. The van der Waals surface area contributed by atoms with Gasteiger partial charge in [0.05, 0.1) is 0 Å². The molecule has 5 heteroatoms. The lowest BCUT2D eigenvalue weighted by Crippen LogP contribution is -2.31. The van der Waals surface area contributed by atoms with Gasteiger partial charge in [0.1, 0.15) is 18.1 Å². The molecule has 0 bridgehead atoms. The van der Waals surface area contributed by atoms with Gasteiger partial charge in [-0.1, -0.05) is 81.5 Å². The number of nitrogens with zero attached hydrogens (tertiary/aromatic N) is 1. The number of carbonyl (C=O) groups excluding carboxylic acids is 2. The van der Waals surface area contributed by atoms with Crippen molar-refractivity contribution < 1.29 is 14.3 Å². The van der Waals surface area contributed by atoms with Crippen LogP contribution in [-0.4, -0.2) is 23.4 Å². The highest BCUT2D eigenvalue weighted by Gasteiger charge is 2.32. The van der Waals surface area contributed by atoms with E-state index >= 15 is 0 Å². The summed E-state index contributed by atoms with van der Waals surface area (Å²) >= 11 is 0. The molecule has 1 N–H and O–H groups in total. The van der Waals surface area contributed by atoms with E-state index in [1.165, 1.54) is 24.2 Å². The number of ether oxygens (including phenoxy) is 1. The summed E-state index contributed by atoms with van der Waals surface area (Å²) in [6.45, 7) is 3.16. The number of hydrogen-bond acceptors (Lipinski definition) is 3. The molecule has 0 radical (unpaired) electrons. The number of carbonyl (C=O) groups is 2. The summed E-state index contributed by atoms with van der Waals surface area (Å²) in [5.41, 5.74) is 2.27. The van der Waals surface area contributed by atoms with Gasteiger partial charge in [0.15, 0.2) is 0 Å². The molecule has 1 saturated heterocycles. The molecule has 1 aliphatic heterocycles. The van der Waals surface area contributed by atoms with Crippen molar-refractivity contribution in [2.45, 2.75) is 52.1 Å². The Morgan fingerprint density at radius 1 is 0.900 bits per heavy atom. The van der Waals surface area contributed by atoms with Crippen molar-refractivity contribution in [3.63, 3.8) is 0 Å². The number of amides is 3. The highest BCUT2D eigenvalue weighted by molar-refractivity contribution is 6.13. The molecule has 3 amide bonds. The van der Waals surface area contributed by atoms with E-state index in [2.05, 4.69) is 12.2 Å². The van der Waals surface area contributed by atoms with E-state index in [9.17, 15) is 9.59 Å². The second-order valence-electron chi connectivity index (χ2n) is 7.56. The lowest BCUT2D eigenvalue weighted by Gasteiger charge is -2.11. The van der Waals surface area contributed by atoms with Crippen LogP contribution >= 0.6 is 0 Å². The fraction of sp³-hybridized carbons (Fsp3) is 0.360. The van der Waals surface area contributed by atoms with Crippen LogP contribution in [0.3, 0.4) is 0 Å². The summed E-state index contributed by atoms with van der Waals surface area (Å²) in [5, 5.41) is 2.69. The van der Waals surface area contributed by atoms with E-state index in [0.717, 1.165) is 36.1 Å². The van der Waals surface area contributed by atoms with Gasteiger partial charge >= 0.3 is 6.03 Å². The molecule has 158 valence electrons. The molecular formula is C25H30N2O3. The van der Waals surface area contributed by atoms with Crippen molar-refractivity contribution >= 4 is 18.0 Å². The van der Waals surface area contributed by atoms with Crippen molar-refractivity contribution in [3.8, 4) is 5.75 Å². The number of benzene rings is 2. The van der Waals surface area contributed by atoms with Crippen LogP contribution in [0.25, 0.3) is 6.08 Å². The zero-order chi connectivity index (χ0) is 21.2. The monoisotopic (exact) mass is 406 g/mol. The van der Waals surface area contributed by atoms with Crippen LogP contribution in [0, 0.1) is 0 Å². The van der Waals surface area contributed by atoms with Gasteiger partial charge in [-0.15, -0.1) is 0 Å². The van der Waals surface area contributed by atoms with Gasteiger partial charge in [-0.3, -0.25) is 9.69 Å². The van der Waals surface area contributed by atoms with Crippen molar-refractivity contribution in [2.75, 3.05) is 6.54 Å². The minimum Gasteiger partial charge on any atom is -0.489 e. The summed E-state index contributed by atoms with van der Waals surface area (Å²) in [6.07, 6.45) is 8.42. The Bertz CT molecular complexity index is 860. The molecule has 2 aromatic rings. The van der Waals surface area contributed by atoms with Gasteiger partial charge < -0.3 is 10.1 Å². The molecule has 0 aromatic heterocycles. The van der Waals surface area contributed by atoms with Crippen LogP contribution in [0.4, 0.5) is 4.79 Å². The summed E-state index contributed by atoms with van der Waals surface area (Å²) in [7, 11) is 0. The normalized spacial score (nSPS) is 15.0. The molecule has 5 nitrogen and oxygen atoms in total. The fourth-order valence-corrected chi connectivity index (χ4v) is 3.39. The third kappa shape index (κ3) is 6.21. The van der Waals surface area contributed by atoms with Crippen LogP contribution in [0.1, 0.15) is 56.6 Å². The van der Waals surface area contributed by atoms with Gasteiger partial charge in [0, 0.05) is 6.54 Å². The zero-order valence-corrected chi connectivity index (χ0v) is 17.6. The summed E-state index contributed by atoms with van der Waals surface area (Å²) < 4.78 is 5.79. The second-order valence-corrected chi connectivity index (χ2v) is 7.56. The molecule has 1 aliphatic rings. The molecule has 0 aliphatic carbocycles. The van der Waals surface area contributed by atoms with Crippen molar-refractivity contribution in [2.24, 2.45) is 0 Å². The molecule has 0 unspecified atom stereocenters. The first-order valence-electron chi connectivity index (χ1n) is 10.8. The highest BCUT2D eigenvalue weighted by atomic mass is 16.5. The van der Waals surface area contributed by atoms with Crippen molar-refractivity contribution in [1.29, 1.82) is 0 Å². The van der Waals surface area contributed by atoms with Gasteiger partial charge in [-0.05, 0) is 35.8 Å². The van der Waals surface area contributed by atoms with E-state index in [0.29, 0.717) is 18.8 Å². The molecule has 0 spiro atoms. The summed E-state index contributed by atoms with van der Waals surface area (Å²) in [6, 6.07) is 17.1. The van der Waals surface area contributed by atoms with E-state index in [1.54, 1.807) is 6.08 Å². The third-order valence-electron chi connectivity index (χ3n) is 5.14. The molecule has 3 rings (SSSR count). The number of nitrogens with one attached hydrogen (secondary N) is 1. The number of urea groups is 1. The smallest absolute Gasteiger partial charge is 0.329 e. The molecule has 30 heavy (non-hydrogen) atoms. The Morgan fingerprint density at radius 2 is 1.60 bits per heavy atom. The average molecular weight is 407 g/mol. The average Bonchev–Trinajstić information content (AvgIpc) is 3.03. The second kappa shape index (κ2) is 11.2. The van der Waals surface area contributed by atoms with Crippen LogP contribution in [-0.2, 0) is 11.4 Å². The van der Waals surface area contributed by atoms with Gasteiger partial charge in [0.25, 0.3) is 5.91 Å². The Hall–Kier alpha value is -3.08. The maximum absolute atomic E-state index is 12.6. The molecule has 0 atom stereocenters. The highest BCUT2D eigenvalue weighted by Crippen LogP contribution is 2.19. The minimum absolute atomic E-state index is 0.252. The topological polar surface area (TPSA) is 58.6 Å². The van der Waals surface area contributed by atoms with Crippen LogP contribution in [0.15, 0.2) is 60.3 Å². The number of imide groups is 1. The predicted octanol–water partition coefficient (Wildman–Crippen LogP) is 5.52. The number of hydrogen-bond donors (Lipinski definition) is 1. The molecule has 0 saturated carbocycles. The lowest BCUT2D eigenvalue weighted by molar-refractivity contribution is -0.122. The molecular weight excluding hydrogens is 376 g/mol. The number of unbranched alkanes of at least 4 members (excludes halogenated alkanes) is 5. The van der Waals surface area contributed by atoms with Crippen molar-refractivity contribution in [3.05, 3.63) is 71.4 Å². The van der Waals surface area contributed by atoms with E-state index in [1.807, 2.05) is 54.6 Å². The van der Waals surface area contributed by atoms with Gasteiger partial charge in [-0.25, -0.2) is 4.79 Å². The van der Waals surface area contributed by atoms with E-state index in [-0.39, 0.29) is 11.9 Å². The van der Waals surface area contributed by atoms with Crippen molar-refractivity contribution in [1.82, 2.24) is 10.2 Å². The minimum atomic E-state index is -0.331. The molecule has 1 fully saturated rings. The first-order chi connectivity index (χ1) is 14.7. The first-order valence-corrected chi connectivity index (χ1v) is 10.8. The van der Waals surface area contributed by atoms with Gasteiger partial charge in [-0.2, -0.15) is 0 Å². The maximum atomic E-state index is 12.6. The Balaban J connectivity index is 1.51. The van der Waals surface area contributed by atoms with Gasteiger partial charge in [0.2, 0.25) is 0 Å². The zero-order valence-electron chi connectivity index (χ0n) is 17.6. The standard InChI is InChI=1S/C25H30N2O3/c1-2-3-4-5-6-10-17-27-24(28)23(26-25(27)29)18-20-13-15-22(16-14-20)30-19-21-11-8-7-9-12-21/h7-9,11-16,18H,2-6,10,17,19H2,1H3,(H,26,29). The largest absolute Gasteiger partial charge is 0.489 e. The molecule has 2 aromatic carbocycles. The number of rotatable bonds is 11. The van der Waals surface area contributed by atoms with E-state index in [4.69, 9.17) is 4.74 Å². The summed E-state index contributed by atoms with van der Waals surface area (Å²) in [4.78, 5) is 26.0. The van der Waals surface area contributed by atoms with Crippen LogP contribution < -0.4 is 10.1 Å². The third-order valence-corrected chi connectivity index (χ3v) is 5.14. The van der Waals surface area contributed by atoms with Crippen LogP contribution in [0.2, 0.25) is 0 Å². The Labute approximate surface area is 178 Å². The SMILES string of the molecule is CCCCCCCCN1C(=O)NC(=Cc2ccc(OCc3ccccc3)cc2)C1=O.